The van der Waals surface area contributed by atoms with Gasteiger partial charge in [-0.1, -0.05) is 17.7 Å². The number of allylic oxidation sites excluding steroid dienone is 3. The van der Waals surface area contributed by atoms with Gasteiger partial charge in [0, 0.05) is 23.4 Å². The summed E-state index contributed by atoms with van der Waals surface area (Å²) in [5.41, 5.74) is 12.0. The van der Waals surface area contributed by atoms with Gasteiger partial charge in [0.25, 0.3) is 0 Å². The van der Waals surface area contributed by atoms with Crippen LogP contribution in [-0.2, 0) is 16.1 Å². The summed E-state index contributed by atoms with van der Waals surface area (Å²) in [6, 6.07) is 11.5. The second kappa shape index (κ2) is 8.72. The van der Waals surface area contributed by atoms with E-state index >= 15 is 0 Å². The first-order valence-corrected chi connectivity index (χ1v) is 11.0. The van der Waals surface area contributed by atoms with E-state index < -0.39 is 5.92 Å². The number of hydrogen-bond donors (Lipinski definition) is 1. The highest BCUT2D eigenvalue weighted by molar-refractivity contribution is 6.30. The van der Waals surface area contributed by atoms with Crippen molar-refractivity contribution in [3.8, 4) is 11.8 Å². The Labute approximate surface area is 193 Å². The first-order valence-electron chi connectivity index (χ1n) is 10.6. The lowest BCUT2D eigenvalue weighted by atomic mass is 9.74. The second-order valence-electron chi connectivity index (χ2n) is 8.31. The Morgan fingerprint density at radius 1 is 1.19 bits per heavy atom. The quantitative estimate of drug-likeness (QED) is 0.652. The molecule has 6 heteroatoms. The summed E-state index contributed by atoms with van der Waals surface area (Å²) < 4.78 is 11.8. The van der Waals surface area contributed by atoms with E-state index in [0.29, 0.717) is 41.4 Å². The molecule has 2 aliphatic rings. The maximum absolute atomic E-state index is 12.9. The van der Waals surface area contributed by atoms with Crippen LogP contribution < -0.4 is 10.5 Å². The molecule has 2 N–H and O–H groups in total. The topological polar surface area (TPSA) is 85.3 Å². The smallest absolute Gasteiger partial charge is 0.205 e. The molecule has 1 heterocycles. The Morgan fingerprint density at radius 3 is 2.59 bits per heavy atom. The van der Waals surface area contributed by atoms with Crippen molar-refractivity contribution in [2.75, 3.05) is 0 Å². The minimum absolute atomic E-state index is 0.0230. The Hall–Kier alpha value is -3.23. The Balaban J connectivity index is 1.81. The van der Waals surface area contributed by atoms with Gasteiger partial charge < -0.3 is 15.2 Å². The number of aryl methyl sites for hydroxylation is 2. The zero-order valence-electron chi connectivity index (χ0n) is 18.4. The van der Waals surface area contributed by atoms with Crippen LogP contribution >= 0.6 is 11.6 Å². The Morgan fingerprint density at radius 2 is 1.91 bits per heavy atom. The molecule has 1 atom stereocenters. The van der Waals surface area contributed by atoms with Crippen molar-refractivity contribution >= 4 is 17.4 Å². The molecule has 0 spiro atoms. The maximum atomic E-state index is 12.9. The molecule has 1 aliphatic carbocycles. The number of rotatable bonds is 4. The molecule has 0 saturated heterocycles. The normalized spacial score (nSPS) is 18.2. The summed E-state index contributed by atoms with van der Waals surface area (Å²) in [6.07, 6.45) is 1.83. The van der Waals surface area contributed by atoms with Gasteiger partial charge in [-0.2, -0.15) is 5.26 Å². The number of benzene rings is 2. The van der Waals surface area contributed by atoms with E-state index in [2.05, 4.69) is 12.1 Å². The summed E-state index contributed by atoms with van der Waals surface area (Å²) in [5.74, 6) is 0.905. The molecule has 4 rings (SSSR count). The van der Waals surface area contributed by atoms with Crippen molar-refractivity contribution < 1.29 is 14.3 Å². The van der Waals surface area contributed by atoms with Crippen LogP contribution in [0.25, 0.3) is 0 Å². The largest absolute Gasteiger partial charge is 0.489 e. The number of ketones is 1. The maximum Gasteiger partial charge on any atom is 0.205 e. The van der Waals surface area contributed by atoms with Crippen molar-refractivity contribution in [2.24, 2.45) is 5.73 Å². The average molecular weight is 449 g/mol. The van der Waals surface area contributed by atoms with Gasteiger partial charge in [-0.25, -0.2) is 0 Å². The first kappa shape index (κ1) is 22.0. The van der Waals surface area contributed by atoms with E-state index in [9.17, 15) is 10.1 Å². The standard InChI is InChI=1S/C26H25ClN2O3/c1-14-11-15(2)23(16(3)20(14)13-31-18-9-7-17(27)8-10-18)24-19(12-28)26(29)32-22-6-4-5-21(30)25(22)24/h7-11,24H,4-6,13,29H2,1-3H3. The van der Waals surface area contributed by atoms with Gasteiger partial charge in [0.2, 0.25) is 5.88 Å². The monoisotopic (exact) mass is 448 g/mol. The number of carbonyl (C=O) groups is 1. The fourth-order valence-corrected chi connectivity index (χ4v) is 4.87. The van der Waals surface area contributed by atoms with E-state index in [4.69, 9.17) is 26.8 Å². The summed E-state index contributed by atoms with van der Waals surface area (Å²) in [7, 11) is 0. The molecular formula is C26H25ClN2O3. The third-order valence-electron chi connectivity index (χ3n) is 6.28. The van der Waals surface area contributed by atoms with Gasteiger partial charge in [0.05, 0.1) is 5.92 Å². The van der Waals surface area contributed by atoms with E-state index in [1.807, 2.05) is 32.9 Å². The minimum Gasteiger partial charge on any atom is -0.489 e. The number of nitriles is 1. The van der Waals surface area contributed by atoms with Crippen LogP contribution in [0, 0.1) is 32.1 Å². The molecule has 0 amide bonds. The van der Waals surface area contributed by atoms with Crippen molar-refractivity contribution in [1.29, 1.82) is 5.26 Å². The highest BCUT2D eigenvalue weighted by atomic mass is 35.5. The zero-order chi connectivity index (χ0) is 23.0. The predicted molar refractivity (Wildman–Crippen MR) is 123 cm³/mol. The zero-order valence-corrected chi connectivity index (χ0v) is 19.2. The van der Waals surface area contributed by atoms with Crippen LogP contribution in [0.15, 0.2) is 53.1 Å². The number of ether oxygens (including phenoxy) is 2. The molecule has 0 radical (unpaired) electrons. The fraction of sp³-hybridized carbons (Fsp3) is 0.308. The summed E-state index contributed by atoms with van der Waals surface area (Å²) in [6.45, 7) is 6.42. The van der Waals surface area contributed by atoms with E-state index in [1.54, 1.807) is 12.1 Å². The lowest BCUT2D eigenvalue weighted by Gasteiger charge is -2.33. The van der Waals surface area contributed by atoms with Gasteiger partial charge >= 0.3 is 0 Å². The highest BCUT2D eigenvalue weighted by Crippen LogP contribution is 2.46. The third-order valence-corrected chi connectivity index (χ3v) is 6.53. The molecule has 1 aliphatic heterocycles. The van der Waals surface area contributed by atoms with Crippen LogP contribution in [0.2, 0.25) is 5.02 Å². The Bertz CT molecular complexity index is 1200. The lowest BCUT2D eigenvalue weighted by Crippen LogP contribution is -2.28. The van der Waals surface area contributed by atoms with Crippen molar-refractivity contribution in [1.82, 2.24) is 0 Å². The molecule has 0 fully saturated rings. The molecule has 5 nitrogen and oxygen atoms in total. The van der Waals surface area contributed by atoms with Crippen LogP contribution in [0.1, 0.15) is 53.0 Å². The molecule has 0 saturated carbocycles. The number of nitrogens with two attached hydrogens (primary N) is 1. The SMILES string of the molecule is Cc1cc(C)c(C2C(C#N)=C(N)OC3=C2C(=O)CCC3)c(C)c1COc1ccc(Cl)cc1. The molecule has 164 valence electrons. The Kier molecular flexibility index (Phi) is 5.99. The molecular weight excluding hydrogens is 424 g/mol. The predicted octanol–water partition coefficient (Wildman–Crippen LogP) is 5.66. The highest BCUT2D eigenvalue weighted by Gasteiger charge is 2.39. The molecule has 1 unspecified atom stereocenters. The molecule has 2 aromatic rings. The van der Waals surface area contributed by atoms with Crippen LogP contribution in [-0.4, -0.2) is 5.78 Å². The lowest BCUT2D eigenvalue weighted by molar-refractivity contribution is -0.116. The average Bonchev–Trinajstić information content (AvgIpc) is 2.74. The van der Waals surface area contributed by atoms with Gasteiger partial charge in [-0.15, -0.1) is 0 Å². The number of carbonyl (C=O) groups excluding carboxylic acids is 1. The van der Waals surface area contributed by atoms with Crippen molar-refractivity contribution in [3.05, 3.63) is 86.0 Å². The molecule has 2 aromatic carbocycles. The van der Waals surface area contributed by atoms with Crippen molar-refractivity contribution in [3.63, 3.8) is 0 Å². The number of halogens is 1. The van der Waals surface area contributed by atoms with Gasteiger partial charge in [-0.05, 0) is 79.3 Å². The fourth-order valence-electron chi connectivity index (χ4n) is 4.74. The number of nitrogens with zero attached hydrogens (tertiary/aromatic N) is 1. The summed E-state index contributed by atoms with van der Waals surface area (Å²) in [5, 5.41) is 10.6. The summed E-state index contributed by atoms with van der Waals surface area (Å²) >= 11 is 5.97. The van der Waals surface area contributed by atoms with Gasteiger partial charge in [-0.3, -0.25) is 4.79 Å². The van der Waals surface area contributed by atoms with Crippen molar-refractivity contribution in [2.45, 2.75) is 52.6 Å². The van der Waals surface area contributed by atoms with Gasteiger partial charge in [0.1, 0.15) is 29.8 Å². The van der Waals surface area contributed by atoms with Crippen LogP contribution in [0.5, 0.6) is 5.75 Å². The van der Waals surface area contributed by atoms with Crippen LogP contribution in [0.3, 0.4) is 0 Å². The van der Waals surface area contributed by atoms with Gasteiger partial charge in [0.15, 0.2) is 5.78 Å². The number of hydrogen-bond acceptors (Lipinski definition) is 5. The third kappa shape index (κ3) is 3.87. The second-order valence-corrected chi connectivity index (χ2v) is 8.75. The van der Waals surface area contributed by atoms with E-state index in [1.165, 1.54) is 0 Å². The molecule has 0 aromatic heterocycles. The number of Topliss-reactive ketones (excluding diaryl/α,β-unsaturated/α-hetero) is 1. The van der Waals surface area contributed by atoms with E-state index in [-0.39, 0.29) is 11.7 Å². The molecule has 32 heavy (non-hydrogen) atoms. The van der Waals surface area contributed by atoms with E-state index in [0.717, 1.165) is 40.0 Å². The molecule has 0 bridgehead atoms. The minimum atomic E-state index is -0.522. The summed E-state index contributed by atoms with van der Waals surface area (Å²) in [4.78, 5) is 12.9. The van der Waals surface area contributed by atoms with Crippen LogP contribution in [0.4, 0.5) is 0 Å². The first-order chi connectivity index (χ1) is 15.3.